The first-order valence-corrected chi connectivity index (χ1v) is 4.83. The van der Waals surface area contributed by atoms with Crippen LogP contribution in [0.25, 0.3) is 0 Å². The molecular weight excluding hydrogens is 220 g/mol. The molecule has 1 aliphatic heterocycles. The van der Waals surface area contributed by atoms with Gasteiger partial charge in [-0.25, -0.2) is 0 Å². The van der Waals surface area contributed by atoms with E-state index in [0.29, 0.717) is 17.1 Å². The average molecular weight is 231 g/mol. The zero-order valence-electron chi connectivity index (χ0n) is 8.37. The van der Waals surface area contributed by atoms with Gasteiger partial charge in [0.2, 0.25) is 6.79 Å². The van der Waals surface area contributed by atoms with Gasteiger partial charge in [0.05, 0.1) is 5.60 Å². The predicted octanol–water partition coefficient (Wildman–Crippen LogP) is 2.00. The number of phenols is 1. The number of halogens is 1. The lowest BCUT2D eigenvalue weighted by Gasteiger charge is -2.20. The van der Waals surface area contributed by atoms with Crippen molar-refractivity contribution < 1.29 is 19.7 Å². The van der Waals surface area contributed by atoms with Crippen LogP contribution in [0.5, 0.6) is 17.2 Å². The maximum absolute atomic E-state index is 9.81. The Bertz CT molecular complexity index is 409. The van der Waals surface area contributed by atoms with E-state index in [2.05, 4.69) is 0 Å². The summed E-state index contributed by atoms with van der Waals surface area (Å²) in [5, 5.41) is 19.7. The number of fused-ring (bicyclic) bond motifs is 1. The fraction of sp³-hybridized carbons (Fsp3) is 0.400. The summed E-state index contributed by atoms with van der Waals surface area (Å²) in [6.45, 7) is 3.19. The van der Waals surface area contributed by atoms with Crippen LogP contribution in [0.4, 0.5) is 0 Å². The molecule has 4 nitrogen and oxygen atoms in total. The summed E-state index contributed by atoms with van der Waals surface area (Å²) in [6.07, 6.45) is 0. The molecule has 0 spiro atoms. The van der Waals surface area contributed by atoms with Gasteiger partial charge in [-0.05, 0) is 19.9 Å². The Morgan fingerprint density at radius 1 is 1.40 bits per heavy atom. The molecule has 2 N–H and O–H groups in total. The molecule has 15 heavy (non-hydrogen) atoms. The Morgan fingerprint density at radius 3 is 2.67 bits per heavy atom. The number of ether oxygens (including phenoxy) is 2. The Kier molecular flexibility index (Phi) is 2.20. The molecular formula is C10H11ClO4. The fourth-order valence-electron chi connectivity index (χ4n) is 1.46. The maximum Gasteiger partial charge on any atom is 0.231 e. The molecule has 5 heteroatoms. The summed E-state index contributed by atoms with van der Waals surface area (Å²) < 4.78 is 10.2. The molecule has 0 amide bonds. The minimum Gasteiger partial charge on any atom is -0.506 e. The van der Waals surface area contributed by atoms with E-state index in [-0.39, 0.29) is 17.6 Å². The lowest BCUT2D eigenvalue weighted by atomic mass is 9.97. The Balaban J connectivity index is 2.64. The highest BCUT2D eigenvalue weighted by molar-refractivity contribution is 6.34. The van der Waals surface area contributed by atoms with Gasteiger partial charge in [0.25, 0.3) is 0 Å². The van der Waals surface area contributed by atoms with E-state index in [1.54, 1.807) is 13.8 Å². The van der Waals surface area contributed by atoms with Crippen LogP contribution in [0.15, 0.2) is 6.07 Å². The average Bonchev–Trinajstić information content (AvgIpc) is 2.57. The normalized spacial score (nSPS) is 14.4. The van der Waals surface area contributed by atoms with Gasteiger partial charge in [0.1, 0.15) is 10.8 Å². The first-order valence-electron chi connectivity index (χ1n) is 4.45. The maximum atomic E-state index is 9.81. The van der Waals surface area contributed by atoms with Gasteiger partial charge in [-0.2, -0.15) is 0 Å². The van der Waals surface area contributed by atoms with Crippen LogP contribution in [0.2, 0.25) is 5.02 Å². The molecule has 0 saturated heterocycles. The molecule has 0 atom stereocenters. The van der Waals surface area contributed by atoms with Crippen molar-refractivity contribution in [2.75, 3.05) is 6.79 Å². The molecule has 1 heterocycles. The number of aliphatic hydroxyl groups is 1. The first-order chi connectivity index (χ1) is 6.91. The van der Waals surface area contributed by atoms with Gasteiger partial charge in [-0.15, -0.1) is 0 Å². The summed E-state index contributed by atoms with van der Waals surface area (Å²) in [6, 6.07) is 1.53. The van der Waals surface area contributed by atoms with E-state index < -0.39 is 5.60 Å². The lowest BCUT2D eigenvalue weighted by molar-refractivity contribution is 0.0756. The van der Waals surface area contributed by atoms with Crippen LogP contribution in [0, 0.1) is 0 Å². The van der Waals surface area contributed by atoms with E-state index in [1.807, 2.05) is 0 Å². The molecule has 2 rings (SSSR count). The second-order valence-corrected chi connectivity index (χ2v) is 4.26. The third-order valence-corrected chi connectivity index (χ3v) is 2.59. The van der Waals surface area contributed by atoms with Crippen molar-refractivity contribution in [3.8, 4) is 17.2 Å². The standard InChI is InChI=1S/C10H11ClO4/c1-10(2,13)5-3-6-9(15-4-14-6)7(11)8(5)12/h3,12-13H,4H2,1-2H3. The van der Waals surface area contributed by atoms with E-state index in [4.69, 9.17) is 21.1 Å². The van der Waals surface area contributed by atoms with Gasteiger partial charge < -0.3 is 19.7 Å². The van der Waals surface area contributed by atoms with Crippen molar-refractivity contribution in [3.05, 3.63) is 16.7 Å². The highest BCUT2D eigenvalue weighted by atomic mass is 35.5. The quantitative estimate of drug-likeness (QED) is 0.775. The van der Waals surface area contributed by atoms with Crippen LogP contribution < -0.4 is 9.47 Å². The Morgan fingerprint density at radius 2 is 2.07 bits per heavy atom. The Labute approximate surface area is 92.0 Å². The van der Waals surface area contributed by atoms with Crippen molar-refractivity contribution in [2.24, 2.45) is 0 Å². The number of hydrogen-bond acceptors (Lipinski definition) is 4. The van der Waals surface area contributed by atoms with Crippen molar-refractivity contribution in [1.82, 2.24) is 0 Å². The van der Waals surface area contributed by atoms with Crippen molar-refractivity contribution in [3.63, 3.8) is 0 Å². The van der Waals surface area contributed by atoms with Crippen LogP contribution in [0.3, 0.4) is 0 Å². The monoisotopic (exact) mass is 230 g/mol. The smallest absolute Gasteiger partial charge is 0.231 e. The minimum absolute atomic E-state index is 0.0714. The highest BCUT2D eigenvalue weighted by Crippen LogP contribution is 2.48. The molecule has 0 fully saturated rings. The molecule has 0 saturated carbocycles. The van der Waals surface area contributed by atoms with E-state index >= 15 is 0 Å². The number of aromatic hydroxyl groups is 1. The van der Waals surface area contributed by atoms with E-state index in [9.17, 15) is 10.2 Å². The van der Waals surface area contributed by atoms with Crippen molar-refractivity contribution >= 4 is 11.6 Å². The third kappa shape index (κ3) is 1.60. The molecule has 82 valence electrons. The molecule has 0 unspecified atom stereocenters. The number of phenolic OH excluding ortho intramolecular Hbond substituents is 1. The summed E-state index contributed by atoms with van der Waals surface area (Å²) >= 11 is 5.88. The van der Waals surface area contributed by atoms with E-state index in [0.717, 1.165) is 0 Å². The number of rotatable bonds is 1. The third-order valence-electron chi connectivity index (χ3n) is 2.24. The van der Waals surface area contributed by atoms with Gasteiger partial charge >= 0.3 is 0 Å². The van der Waals surface area contributed by atoms with Crippen molar-refractivity contribution in [2.45, 2.75) is 19.4 Å². The minimum atomic E-state index is -1.19. The van der Waals surface area contributed by atoms with Crippen LogP contribution in [0.1, 0.15) is 19.4 Å². The molecule has 0 aliphatic carbocycles. The largest absolute Gasteiger partial charge is 0.506 e. The van der Waals surface area contributed by atoms with Crippen LogP contribution in [-0.2, 0) is 5.60 Å². The highest BCUT2D eigenvalue weighted by Gasteiger charge is 2.29. The van der Waals surface area contributed by atoms with Crippen LogP contribution >= 0.6 is 11.6 Å². The summed E-state index contributed by atoms with van der Waals surface area (Å²) in [5.74, 6) is 0.588. The fourth-order valence-corrected chi connectivity index (χ4v) is 1.71. The summed E-state index contributed by atoms with van der Waals surface area (Å²) in [4.78, 5) is 0. The first kappa shape index (κ1) is 10.4. The molecule has 0 aromatic heterocycles. The molecule has 0 bridgehead atoms. The zero-order chi connectivity index (χ0) is 11.2. The topological polar surface area (TPSA) is 58.9 Å². The number of benzene rings is 1. The van der Waals surface area contributed by atoms with E-state index in [1.165, 1.54) is 6.07 Å². The van der Waals surface area contributed by atoms with Gasteiger partial charge in [0.15, 0.2) is 11.5 Å². The lowest BCUT2D eigenvalue weighted by Crippen LogP contribution is -2.15. The SMILES string of the molecule is CC(C)(O)c1cc2c(c(Cl)c1O)OCO2. The Hall–Kier alpha value is -1.13. The summed E-state index contributed by atoms with van der Waals surface area (Å²) in [5.41, 5.74) is -0.869. The molecule has 1 aromatic rings. The van der Waals surface area contributed by atoms with Gasteiger partial charge in [0, 0.05) is 5.56 Å². The summed E-state index contributed by atoms with van der Waals surface area (Å²) in [7, 11) is 0. The second kappa shape index (κ2) is 3.18. The molecule has 0 radical (unpaired) electrons. The second-order valence-electron chi connectivity index (χ2n) is 3.88. The van der Waals surface area contributed by atoms with Crippen LogP contribution in [-0.4, -0.2) is 17.0 Å². The number of hydrogen-bond donors (Lipinski definition) is 2. The van der Waals surface area contributed by atoms with Crippen molar-refractivity contribution in [1.29, 1.82) is 0 Å². The zero-order valence-corrected chi connectivity index (χ0v) is 9.13. The van der Waals surface area contributed by atoms with Gasteiger partial charge in [-0.1, -0.05) is 11.6 Å². The van der Waals surface area contributed by atoms with Gasteiger partial charge in [-0.3, -0.25) is 0 Å². The predicted molar refractivity (Wildman–Crippen MR) is 54.5 cm³/mol. The molecule has 1 aliphatic rings. The molecule has 1 aromatic carbocycles.